The lowest BCUT2D eigenvalue weighted by molar-refractivity contribution is 0.396. The summed E-state index contributed by atoms with van der Waals surface area (Å²) in [6.07, 6.45) is 0. The van der Waals surface area contributed by atoms with Gasteiger partial charge in [-0.3, -0.25) is 0 Å². The molecular formula is C20H24FIN4O. The van der Waals surface area contributed by atoms with Gasteiger partial charge in [0.25, 0.3) is 0 Å². The molecule has 0 aliphatic heterocycles. The maximum Gasteiger partial charge on any atom is 0.194 e. The molecular weight excluding hydrogens is 458 g/mol. The van der Waals surface area contributed by atoms with E-state index in [-0.39, 0.29) is 30.5 Å². The van der Waals surface area contributed by atoms with Crippen LogP contribution in [0.2, 0.25) is 0 Å². The highest BCUT2D eigenvalue weighted by Gasteiger charge is 2.10. The van der Waals surface area contributed by atoms with Crippen molar-refractivity contribution in [2.75, 3.05) is 20.7 Å². The molecule has 0 radical (unpaired) electrons. The molecule has 0 unspecified atom stereocenters. The van der Waals surface area contributed by atoms with Crippen LogP contribution in [0.1, 0.15) is 23.6 Å². The normalized spacial score (nSPS) is 10.6. The molecule has 7 heteroatoms. The number of ether oxygens (including phenoxy) is 1. The summed E-state index contributed by atoms with van der Waals surface area (Å²) in [4.78, 5) is 6.48. The number of halogens is 2. The Morgan fingerprint density at radius 2 is 2.00 bits per heavy atom. The number of hydrogen-bond acceptors (Lipinski definition) is 3. The second-order valence-corrected chi connectivity index (χ2v) is 5.76. The van der Waals surface area contributed by atoms with Crippen molar-refractivity contribution < 1.29 is 9.13 Å². The molecule has 0 saturated carbocycles. The van der Waals surface area contributed by atoms with E-state index >= 15 is 0 Å². The molecule has 0 aliphatic carbocycles. The fourth-order valence-electron chi connectivity index (χ4n) is 2.54. The number of methoxy groups -OCH3 is 1. The van der Waals surface area contributed by atoms with Crippen LogP contribution in [-0.4, -0.2) is 31.6 Å². The third-order valence-electron chi connectivity index (χ3n) is 3.88. The molecule has 0 heterocycles. The largest absolute Gasteiger partial charge is 0.496 e. The fourth-order valence-corrected chi connectivity index (χ4v) is 2.54. The first-order valence-corrected chi connectivity index (χ1v) is 8.38. The third-order valence-corrected chi connectivity index (χ3v) is 3.88. The minimum atomic E-state index is -0.420. The summed E-state index contributed by atoms with van der Waals surface area (Å²) in [6.45, 7) is 3.47. The summed E-state index contributed by atoms with van der Waals surface area (Å²) in [5, 5.41) is 12.0. The summed E-state index contributed by atoms with van der Waals surface area (Å²) >= 11 is 0. The summed E-state index contributed by atoms with van der Waals surface area (Å²) < 4.78 is 19.4. The molecule has 0 fully saturated rings. The van der Waals surface area contributed by atoms with Crippen LogP contribution in [0.5, 0.6) is 5.75 Å². The van der Waals surface area contributed by atoms with Crippen LogP contribution < -0.4 is 10.1 Å². The van der Waals surface area contributed by atoms with E-state index in [2.05, 4.69) is 10.3 Å². The molecule has 0 aliphatic rings. The number of aliphatic imine (C=N–C) groups is 1. The lowest BCUT2D eigenvalue weighted by Gasteiger charge is -2.23. The topological polar surface area (TPSA) is 60.7 Å². The van der Waals surface area contributed by atoms with Gasteiger partial charge in [0.1, 0.15) is 11.6 Å². The summed E-state index contributed by atoms with van der Waals surface area (Å²) in [6, 6.07) is 14.2. The highest BCUT2D eigenvalue weighted by Crippen LogP contribution is 2.19. The number of hydrogen-bond donors (Lipinski definition) is 1. The first kappa shape index (κ1) is 22.7. The van der Waals surface area contributed by atoms with Crippen LogP contribution >= 0.6 is 24.0 Å². The van der Waals surface area contributed by atoms with E-state index in [0.29, 0.717) is 30.2 Å². The Bertz CT molecular complexity index is 820. The molecule has 2 rings (SSSR count). The van der Waals surface area contributed by atoms with Crippen molar-refractivity contribution in [3.63, 3.8) is 0 Å². The molecule has 0 aromatic heterocycles. The Labute approximate surface area is 176 Å². The first-order chi connectivity index (χ1) is 12.6. The Morgan fingerprint density at radius 1 is 1.26 bits per heavy atom. The smallest absolute Gasteiger partial charge is 0.194 e. The van der Waals surface area contributed by atoms with E-state index in [4.69, 9.17) is 10.00 Å². The maximum absolute atomic E-state index is 14.0. The quantitative estimate of drug-likeness (QED) is 0.385. The zero-order valence-electron chi connectivity index (χ0n) is 15.7. The number of para-hydroxylation sites is 1. The lowest BCUT2D eigenvalue weighted by atomic mass is 10.1. The number of nitrogens with zero attached hydrogens (tertiary/aromatic N) is 3. The van der Waals surface area contributed by atoms with Crippen LogP contribution in [-0.2, 0) is 13.1 Å². The van der Waals surface area contributed by atoms with Gasteiger partial charge < -0.3 is 15.0 Å². The second-order valence-electron chi connectivity index (χ2n) is 5.76. The number of benzene rings is 2. The van der Waals surface area contributed by atoms with Gasteiger partial charge in [-0.2, -0.15) is 5.26 Å². The molecule has 2 aromatic rings. The Balaban J connectivity index is 0.00000364. The zero-order valence-corrected chi connectivity index (χ0v) is 18.0. The molecule has 0 bridgehead atoms. The average Bonchev–Trinajstić information content (AvgIpc) is 2.66. The van der Waals surface area contributed by atoms with Gasteiger partial charge in [-0.15, -0.1) is 24.0 Å². The van der Waals surface area contributed by atoms with Gasteiger partial charge in [0.05, 0.1) is 25.3 Å². The van der Waals surface area contributed by atoms with Gasteiger partial charge in [-0.25, -0.2) is 9.38 Å². The molecule has 1 N–H and O–H groups in total. The van der Waals surface area contributed by atoms with Crippen molar-refractivity contribution in [3.8, 4) is 11.8 Å². The molecule has 5 nitrogen and oxygen atoms in total. The van der Waals surface area contributed by atoms with Crippen molar-refractivity contribution in [2.45, 2.75) is 20.0 Å². The molecule has 0 atom stereocenters. The van der Waals surface area contributed by atoms with Gasteiger partial charge in [-0.05, 0) is 25.1 Å². The molecule has 27 heavy (non-hydrogen) atoms. The molecule has 144 valence electrons. The van der Waals surface area contributed by atoms with E-state index in [1.165, 1.54) is 6.07 Å². The van der Waals surface area contributed by atoms with Crippen LogP contribution in [0, 0.1) is 17.1 Å². The fraction of sp³-hybridized carbons (Fsp3) is 0.300. The van der Waals surface area contributed by atoms with Gasteiger partial charge in [0.2, 0.25) is 0 Å². The second kappa shape index (κ2) is 11.4. The summed E-state index contributed by atoms with van der Waals surface area (Å²) in [7, 11) is 3.56. The number of guanidine groups is 1. The molecule has 2 aromatic carbocycles. The summed E-state index contributed by atoms with van der Waals surface area (Å²) in [5.41, 5.74) is 1.79. The first-order valence-electron chi connectivity index (χ1n) is 8.38. The van der Waals surface area contributed by atoms with Crippen LogP contribution in [0.25, 0.3) is 0 Å². The Hall–Kier alpha value is -2.34. The van der Waals surface area contributed by atoms with Crippen LogP contribution in [0.15, 0.2) is 47.5 Å². The van der Waals surface area contributed by atoms with E-state index in [9.17, 15) is 4.39 Å². The number of nitriles is 1. The lowest BCUT2D eigenvalue weighted by Crippen LogP contribution is -2.38. The van der Waals surface area contributed by atoms with Gasteiger partial charge >= 0.3 is 0 Å². The minimum absolute atomic E-state index is 0. The standard InChI is InChI=1S/C20H23FN4O.HI/c1-4-23-20(24-13-16-10-9-15(12-22)11-18(16)21)25(2)14-17-7-5-6-8-19(17)26-3;/h5-11H,4,13-14H2,1-3H3,(H,23,24);1H. The van der Waals surface area contributed by atoms with E-state index < -0.39 is 5.82 Å². The number of nitrogens with one attached hydrogen (secondary N) is 1. The highest BCUT2D eigenvalue weighted by molar-refractivity contribution is 14.0. The number of rotatable bonds is 6. The Morgan fingerprint density at radius 3 is 2.63 bits per heavy atom. The van der Waals surface area contributed by atoms with Gasteiger partial charge in [-0.1, -0.05) is 24.3 Å². The monoisotopic (exact) mass is 482 g/mol. The zero-order chi connectivity index (χ0) is 18.9. The highest BCUT2D eigenvalue weighted by atomic mass is 127. The minimum Gasteiger partial charge on any atom is -0.496 e. The van der Waals surface area contributed by atoms with Crippen molar-refractivity contribution in [3.05, 3.63) is 65.0 Å². The van der Waals surface area contributed by atoms with Crippen LogP contribution in [0.4, 0.5) is 4.39 Å². The SMILES string of the molecule is CCNC(=NCc1ccc(C#N)cc1F)N(C)Cc1ccccc1OC.I. The van der Waals surface area contributed by atoms with Gasteiger partial charge in [0, 0.05) is 31.3 Å². The van der Waals surface area contributed by atoms with Crippen molar-refractivity contribution >= 4 is 29.9 Å². The third kappa shape index (κ3) is 6.40. The predicted octanol–water partition coefficient (Wildman–Crippen LogP) is 3.92. The van der Waals surface area contributed by atoms with Crippen molar-refractivity contribution in [1.82, 2.24) is 10.2 Å². The van der Waals surface area contributed by atoms with Crippen molar-refractivity contribution in [2.24, 2.45) is 4.99 Å². The van der Waals surface area contributed by atoms with Crippen molar-refractivity contribution in [1.29, 1.82) is 5.26 Å². The predicted molar refractivity (Wildman–Crippen MR) is 116 cm³/mol. The van der Waals surface area contributed by atoms with E-state index in [0.717, 1.165) is 11.3 Å². The van der Waals surface area contributed by atoms with E-state index in [1.807, 2.05) is 49.2 Å². The van der Waals surface area contributed by atoms with E-state index in [1.54, 1.807) is 19.2 Å². The van der Waals surface area contributed by atoms with Gasteiger partial charge in [0.15, 0.2) is 5.96 Å². The Kier molecular flexibility index (Phi) is 9.58. The molecule has 0 saturated heterocycles. The van der Waals surface area contributed by atoms with Crippen LogP contribution in [0.3, 0.4) is 0 Å². The summed E-state index contributed by atoms with van der Waals surface area (Å²) in [5.74, 6) is 1.06. The molecule has 0 spiro atoms. The average molecular weight is 482 g/mol. The molecule has 0 amide bonds. The maximum atomic E-state index is 14.0.